The number of hydrogen-bond acceptors (Lipinski definition) is 6. The van der Waals surface area contributed by atoms with Crippen LogP contribution in [0.2, 0.25) is 0 Å². The number of thiophene rings is 1. The van der Waals surface area contributed by atoms with E-state index >= 15 is 0 Å². The number of nitrogens with zero attached hydrogens (tertiary/aromatic N) is 3. The molecule has 3 aliphatic rings. The van der Waals surface area contributed by atoms with Crippen molar-refractivity contribution in [3.63, 3.8) is 0 Å². The molecular formula is C23H27N3O2S. The zero-order valence-corrected chi connectivity index (χ0v) is 17.8. The van der Waals surface area contributed by atoms with E-state index in [1.165, 1.54) is 73.1 Å². The van der Waals surface area contributed by atoms with Gasteiger partial charge in [0, 0.05) is 29.2 Å². The summed E-state index contributed by atoms with van der Waals surface area (Å²) >= 11 is 1.71. The Morgan fingerprint density at radius 2 is 1.76 bits per heavy atom. The molecule has 0 atom stereocenters. The first-order valence-corrected chi connectivity index (χ1v) is 11.6. The number of fused-ring (bicyclic) bond motifs is 1. The van der Waals surface area contributed by atoms with Crippen molar-refractivity contribution in [3.8, 4) is 0 Å². The number of ether oxygens (including phenoxy) is 1. The fraction of sp³-hybridized carbons (Fsp3) is 0.522. The summed E-state index contributed by atoms with van der Waals surface area (Å²) in [4.78, 5) is 15.9. The first kappa shape index (κ1) is 18.8. The number of methoxy groups -OCH3 is 1. The summed E-state index contributed by atoms with van der Waals surface area (Å²) < 4.78 is 4.93. The highest BCUT2D eigenvalue weighted by Gasteiger charge is 2.25. The largest absolute Gasteiger partial charge is 0.469 e. The van der Waals surface area contributed by atoms with Crippen molar-refractivity contribution >= 4 is 33.7 Å². The lowest BCUT2D eigenvalue weighted by molar-refractivity contribution is -0.139. The highest BCUT2D eigenvalue weighted by molar-refractivity contribution is 7.16. The maximum absolute atomic E-state index is 12.0. The van der Waals surface area contributed by atoms with Crippen LogP contribution in [0.25, 0.3) is 0 Å². The van der Waals surface area contributed by atoms with Crippen molar-refractivity contribution in [1.82, 2.24) is 0 Å². The molecule has 152 valence electrons. The summed E-state index contributed by atoms with van der Waals surface area (Å²) in [6.45, 7) is 2.36. The molecule has 0 bridgehead atoms. The molecule has 0 fully saturated rings. The Labute approximate surface area is 175 Å². The first-order chi connectivity index (χ1) is 14.2. The number of anilines is 1. The standard InChI is InChI=1S/C23H27N3O2S/c1-28-21(27)14-19-18-8-2-3-9-20(18)29-23(19)25-24-17-12-15-6-4-10-26-11-5-7-16(13-17)22(15)26/h12-13H,2-11,14H2,1H3. The van der Waals surface area contributed by atoms with Gasteiger partial charge in [-0.25, -0.2) is 0 Å². The lowest BCUT2D eigenvalue weighted by atomic mass is 9.91. The van der Waals surface area contributed by atoms with Gasteiger partial charge in [0.25, 0.3) is 0 Å². The van der Waals surface area contributed by atoms with Crippen LogP contribution in [-0.2, 0) is 41.6 Å². The number of carbonyl (C=O) groups is 1. The van der Waals surface area contributed by atoms with Crippen LogP contribution in [0.1, 0.15) is 52.8 Å². The maximum Gasteiger partial charge on any atom is 0.310 e. The molecule has 0 unspecified atom stereocenters. The van der Waals surface area contributed by atoms with E-state index in [0.717, 1.165) is 41.9 Å². The van der Waals surface area contributed by atoms with Crippen LogP contribution in [-0.4, -0.2) is 26.2 Å². The van der Waals surface area contributed by atoms with Crippen LogP contribution < -0.4 is 4.90 Å². The van der Waals surface area contributed by atoms with Crippen molar-refractivity contribution < 1.29 is 9.53 Å². The lowest BCUT2D eigenvalue weighted by Gasteiger charge is -2.36. The smallest absolute Gasteiger partial charge is 0.310 e. The molecule has 0 spiro atoms. The van der Waals surface area contributed by atoms with Gasteiger partial charge in [-0.15, -0.1) is 21.6 Å². The molecule has 1 aromatic heterocycles. The second kappa shape index (κ2) is 7.90. The van der Waals surface area contributed by atoms with Crippen molar-refractivity contribution in [2.45, 2.75) is 57.8 Å². The summed E-state index contributed by atoms with van der Waals surface area (Å²) in [5.41, 5.74) is 7.59. The minimum absolute atomic E-state index is 0.203. The Morgan fingerprint density at radius 1 is 1.03 bits per heavy atom. The number of rotatable bonds is 4. The Hall–Kier alpha value is -2.21. The fourth-order valence-corrected chi connectivity index (χ4v) is 6.27. The molecule has 2 aliphatic heterocycles. The van der Waals surface area contributed by atoms with E-state index in [2.05, 4.69) is 27.3 Å². The number of azo groups is 1. The molecule has 1 aromatic carbocycles. The van der Waals surface area contributed by atoms with Gasteiger partial charge in [-0.1, -0.05) is 0 Å². The fourth-order valence-electron chi connectivity index (χ4n) is 5.04. The van der Waals surface area contributed by atoms with Gasteiger partial charge in [0.1, 0.15) is 5.00 Å². The van der Waals surface area contributed by atoms with Gasteiger partial charge < -0.3 is 9.64 Å². The topological polar surface area (TPSA) is 54.3 Å². The van der Waals surface area contributed by atoms with Crippen LogP contribution in [0.4, 0.5) is 16.4 Å². The lowest BCUT2D eigenvalue weighted by Crippen LogP contribution is -2.34. The zero-order valence-electron chi connectivity index (χ0n) is 17.0. The van der Waals surface area contributed by atoms with Crippen molar-refractivity contribution in [1.29, 1.82) is 0 Å². The summed E-state index contributed by atoms with van der Waals surface area (Å²) in [6.07, 6.45) is 9.50. The van der Waals surface area contributed by atoms with Crippen molar-refractivity contribution in [2.75, 3.05) is 25.1 Å². The molecule has 29 heavy (non-hydrogen) atoms. The SMILES string of the molecule is COC(=O)Cc1c(N=Nc2cc3c4c(c2)CCCN4CCC3)sc2c1CCCC2. The highest BCUT2D eigenvalue weighted by Crippen LogP contribution is 2.42. The van der Waals surface area contributed by atoms with Gasteiger partial charge in [-0.05, 0) is 80.2 Å². The van der Waals surface area contributed by atoms with E-state index in [0.29, 0.717) is 6.42 Å². The van der Waals surface area contributed by atoms with Gasteiger partial charge in [-0.3, -0.25) is 4.79 Å². The third-order valence-corrected chi connectivity index (χ3v) is 7.60. The normalized spacial score (nSPS) is 17.9. The Kier molecular flexibility index (Phi) is 5.12. The van der Waals surface area contributed by atoms with Crippen LogP contribution in [0.5, 0.6) is 0 Å². The first-order valence-electron chi connectivity index (χ1n) is 10.8. The maximum atomic E-state index is 12.0. The van der Waals surface area contributed by atoms with Crippen molar-refractivity contribution in [3.05, 3.63) is 39.3 Å². The molecule has 0 radical (unpaired) electrons. The van der Waals surface area contributed by atoms with Crippen LogP contribution >= 0.6 is 11.3 Å². The molecule has 3 heterocycles. The third kappa shape index (κ3) is 3.59. The monoisotopic (exact) mass is 409 g/mol. The molecule has 2 aromatic rings. The molecule has 6 heteroatoms. The number of hydrogen-bond donors (Lipinski definition) is 0. The predicted molar refractivity (Wildman–Crippen MR) is 116 cm³/mol. The van der Waals surface area contributed by atoms with E-state index in [1.807, 2.05) is 0 Å². The third-order valence-electron chi connectivity index (χ3n) is 6.38. The Balaban J connectivity index is 1.49. The van der Waals surface area contributed by atoms with Gasteiger partial charge >= 0.3 is 5.97 Å². The molecule has 5 nitrogen and oxygen atoms in total. The molecule has 0 N–H and O–H groups in total. The second-order valence-electron chi connectivity index (χ2n) is 8.25. The van der Waals surface area contributed by atoms with E-state index in [-0.39, 0.29) is 5.97 Å². The molecule has 1 aliphatic carbocycles. The Morgan fingerprint density at radius 3 is 2.48 bits per heavy atom. The quantitative estimate of drug-likeness (QED) is 0.498. The minimum atomic E-state index is -0.203. The summed E-state index contributed by atoms with van der Waals surface area (Å²) in [7, 11) is 1.45. The van der Waals surface area contributed by atoms with E-state index in [9.17, 15) is 4.79 Å². The summed E-state index contributed by atoms with van der Waals surface area (Å²) in [5, 5.41) is 10.2. The average Bonchev–Trinajstić information content (AvgIpc) is 3.10. The van der Waals surface area contributed by atoms with Gasteiger partial charge in [0.05, 0.1) is 19.2 Å². The minimum Gasteiger partial charge on any atom is -0.469 e. The Bertz CT molecular complexity index is 948. The van der Waals surface area contributed by atoms with Gasteiger partial charge in [0.15, 0.2) is 0 Å². The number of benzene rings is 1. The van der Waals surface area contributed by atoms with Gasteiger partial charge in [-0.2, -0.15) is 0 Å². The molecule has 0 saturated heterocycles. The van der Waals surface area contributed by atoms with Crippen molar-refractivity contribution in [2.24, 2.45) is 10.2 Å². The summed E-state index contributed by atoms with van der Waals surface area (Å²) in [6, 6.07) is 4.43. The second-order valence-corrected chi connectivity index (χ2v) is 9.34. The molecule has 0 amide bonds. The van der Waals surface area contributed by atoms with Crippen LogP contribution in [0, 0.1) is 0 Å². The van der Waals surface area contributed by atoms with E-state index in [4.69, 9.17) is 4.74 Å². The van der Waals surface area contributed by atoms with Crippen LogP contribution in [0.3, 0.4) is 0 Å². The number of carbonyl (C=O) groups excluding carboxylic acids is 1. The predicted octanol–water partition coefficient (Wildman–Crippen LogP) is 5.46. The number of aryl methyl sites for hydroxylation is 3. The molecule has 0 saturated carbocycles. The van der Waals surface area contributed by atoms with Crippen LogP contribution in [0.15, 0.2) is 22.4 Å². The van der Waals surface area contributed by atoms with Gasteiger partial charge in [0.2, 0.25) is 0 Å². The number of esters is 1. The zero-order chi connectivity index (χ0) is 19.8. The average molecular weight is 410 g/mol. The molecular weight excluding hydrogens is 382 g/mol. The summed E-state index contributed by atoms with van der Waals surface area (Å²) in [5.74, 6) is -0.203. The van der Waals surface area contributed by atoms with E-state index in [1.54, 1.807) is 11.3 Å². The highest BCUT2D eigenvalue weighted by atomic mass is 32.1. The van der Waals surface area contributed by atoms with E-state index < -0.39 is 0 Å². The molecule has 5 rings (SSSR count).